The van der Waals surface area contributed by atoms with E-state index in [1.54, 1.807) is 33.0 Å². The lowest BCUT2D eigenvalue weighted by molar-refractivity contribution is -0.137. The van der Waals surface area contributed by atoms with E-state index in [9.17, 15) is 18.8 Å². The van der Waals surface area contributed by atoms with E-state index in [0.717, 1.165) is 22.0 Å². The number of aromatic nitrogens is 1. The highest BCUT2D eigenvalue weighted by atomic mass is 35.5. The molecule has 5 rings (SSSR count). The average Bonchev–Trinajstić information content (AvgIpc) is 3.42. The molecule has 3 heterocycles. The molecule has 40 heavy (non-hydrogen) atoms. The molecule has 0 radical (unpaired) electrons. The Morgan fingerprint density at radius 1 is 1.23 bits per heavy atom. The first-order chi connectivity index (χ1) is 18.5. The molecule has 5 N–H and O–H groups in total. The maximum Gasteiger partial charge on any atom is 0.254 e. The Balaban J connectivity index is 0.00000370. The number of halogens is 2. The SMILES string of the molecule is CN1N=C2CNC(C(=O)C(Cc3c[nH]c4ccccc34)NC(=O)C(C)(C)N)CC2(Cc2ccc(F)cc2)C1=O.Cl. The smallest absolute Gasteiger partial charge is 0.254 e. The number of fused-ring (bicyclic) bond motifs is 2. The largest absolute Gasteiger partial charge is 0.361 e. The van der Waals surface area contributed by atoms with Crippen LogP contribution in [0.15, 0.2) is 59.8 Å². The summed E-state index contributed by atoms with van der Waals surface area (Å²) in [5.74, 6) is -1.26. The number of ketones is 1. The number of nitrogens with two attached hydrogens (primary N) is 1. The maximum atomic E-state index is 14.1. The number of carbonyl (C=O) groups excluding carboxylic acids is 3. The molecule has 0 bridgehead atoms. The van der Waals surface area contributed by atoms with Crippen LogP contribution < -0.4 is 16.4 Å². The van der Waals surface area contributed by atoms with Gasteiger partial charge in [0, 0.05) is 37.1 Å². The molecule has 11 heteroatoms. The maximum absolute atomic E-state index is 14.1. The Morgan fingerprint density at radius 2 is 1.93 bits per heavy atom. The van der Waals surface area contributed by atoms with E-state index >= 15 is 0 Å². The van der Waals surface area contributed by atoms with Gasteiger partial charge in [-0.2, -0.15) is 5.10 Å². The van der Waals surface area contributed by atoms with Gasteiger partial charge in [0.1, 0.15) is 5.82 Å². The van der Waals surface area contributed by atoms with Crippen LogP contribution in [0.25, 0.3) is 10.9 Å². The number of rotatable bonds is 8. The summed E-state index contributed by atoms with van der Waals surface area (Å²) in [6.07, 6.45) is 2.55. The summed E-state index contributed by atoms with van der Waals surface area (Å²) in [7, 11) is 1.60. The quantitative estimate of drug-likeness (QED) is 0.331. The van der Waals surface area contributed by atoms with Crippen molar-refractivity contribution in [2.24, 2.45) is 16.3 Å². The molecule has 1 saturated heterocycles. The number of benzene rings is 2. The zero-order valence-corrected chi connectivity index (χ0v) is 23.5. The minimum atomic E-state index is -1.19. The Hall–Kier alpha value is -3.60. The summed E-state index contributed by atoms with van der Waals surface area (Å²) in [5, 5.41) is 12.9. The minimum Gasteiger partial charge on any atom is -0.361 e. The van der Waals surface area contributed by atoms with Gasteiger partial charge in [-0.25, -0.2) is 9.40 Å². The number of H-pyrrole nitrogens is 1. The number of amides is 2. The summed E-state index contributed by atoms with van der Waals surface area (Å²) in [5.41, 5.74) is 7.05. The molecular formula is C29H34ClFN6O3. The number of hydrogen-bond acceptors (Lipinski definition) is 6. The van der Waals surface area contributed by atoms with Crippen LogP contribution >= 0.6 is 12.4 Å². The molecule has 0 saturated carbocycles. The molecule has 1 aromatic heterocycles. The second-order valence-electron chi connectivity index (χ2n) is 11.1. The van der Waals surface area contributed by atoms with Gasteiger partial charge in [-0.3, -0.25) is 14.4 Å². The zero-order chi connectivity index (χ0) is 27.9. The van der Waals surface area contributed by atoms with Crippen LogP contribution in [-0.4, -0.2) is 64.5 Å². The normalized spacial score (nSPS) is 21.4. The van der Waals surface area contributed by atoms with Crippen LogP contribution in [-0.2, 0) is 27.2 Å². The van der Waals surface area contributed by atoms with Gasteiger partial charge in [0.05, 0.1) is 28.7 Å². The highest BCUT2D eigenvalue weighted by Crippen LogP contribution is 2.40. The second kappa shape index (κ2) is 11.1. The van der Waals surface area contributed by atoms with Crippen molar-refractivity contribution >= 4 is 46.6 Å². The zero-order valence-electron chi connectivity index (χ0n) is 22.7. The second-order valence-corrected chi connectivity index (χ2v) is 11.1. The van der Waals surface area contributed by atoms with Crippen molar-refractivity contribution in [3.8, 4) is 0 Å². The topological polar surface area (TPSA) is 133 Å². The Bertz CT molecular complexity index is 1460. The Labute approximate surface area is 238 Å². The van der Waals surface area contributed by atoms with Crippen molar-refractivity contribution in [1.29, 1.82) is 0 Å². The van der Waals surface area contributed by atoms with Crippen LogP contribution in [0.2, 0.25) is 0 Å². The Morgan fingerprint density at radius 3 is 2.62 bits per heavy atom. The minimum absolute atomic E-state index is 0. The molecule has 3 unspecified atom stereocenters. The fourth-order valence-corrected chi connectivity index (χ4v) is 5.54. The highest BCUT2D eigenvalue weighted by Gasteiger charge is 2.54. The lowest BCUT2D eigenvalue weighted by Crippen LogP contribution is -2.61. The first-order valence-electron chi connectivity index (χ1n) is 13.0. The molecule has 2 aliphatic heterocycles. The van der Waals surface area contributed by atoms with Crippen molar-refractivity contribution in [2.75, 3.05) is 13.6 Å². The first-order valence-corrected chi connectivity index (χ1v) is 13.0. The molecule has 0 aliphatic carbocycles. The number of aromatic amines is 1. The van der Waals surface area contributed by atoms with Gasteiger partial charge in [-0.1, -0.05) is 30.3 Å². The van der Waals surface area contributed by atoms with Gasteiger partial charge in [0.15, 0.2) is 5.78 Å². The number of hydrogen-bond donors (Lipinski definition) is 4. The number of para-hydroxylation sites is 1. The van der Waals surface area contributed by atoms with Crippen molar-refractivity contribution in [3.63, 3.8) is 0 Å². The van der Waals surface area contributed by atoms with Crippen LogP contribution in [0.3, 0.4) is 0 Å². The number of nitrogens with one attached hydrogen (secondary N) is 3. The van der Waals surface area contributed by atoms with Gasteiger partial charge in [0.2, 0.25) is 5.91 Å². The predicted octanol–water partition coefficient (Wildman–Crippen LogP) is 2.48. The van der Waals surface area contributed by atoms with E-state index in [-0.39, 0.29) is 55.7 Å². The molecule has 9 nitrogen and oxygen atoms in total. The monoisotopic (exact) mass is 568 g/mol. The molecule has 3 atom stereocenters. The molecule has 212 valence electrons. The first kappa shape index (κ1) is 29.4. The van der Waals surface area contributed by atoms with E-state index in [1.165, 1.54) is 17.1 Å². The van der Waals surface area contributed by atoms with Crippen LogP contribution in [0.4, 0.5) is 4.39 Å². The van der Waals surface area contributed by atoms with Crippen LogP contribution in [0, 0.1) is 11.2 Å². The third kappa shape index (κ3) is 5.52. The van der Waals surface area contributed by atoms with Gasteiger partial charge in [0.25, 0.3) is 5.91 Å². The molecule has 1 fully saturated rings. The predicted molar refractivity (Wildman–Crippen MR) is 154 cm³/mol. The summed E-state index contributed by atoms with van der Waals surface area (Å²) in [4.78, 5) is 43.7. The summed E-state index contributed by atoms with van der Waals surface area (Å²) >= 11 is 0. The number of Topliss-reactive ketones (excluding diaryl/α,β-unsaturated/α-hetero) is 1. The molecule has 3 aromatic rings. The highest BCUT2D eigenvalue weighted by molar-refractivity contribution is 6.14. The van der Waals surface area contributed by atoms with E-state index < -0.39 is 28.9 Å². The third-order valence-electron chi connectivity index (χ3n) is 7.69. The Kier molecular flexibility index (Phi) is 8.16. The number of carbonyl (C=O) groups is 3. The van der Waals surface area contributed by atoms with E-state index in [0.29, 0.717) is 5.71 Å². The third-order valence-corrected chi connectivity index (χ3v) is 7.69. The average molecular weight is 569 g/mol. The molecular weight excluding hydrogens is 535 g/mol. The number of piperidine rings is 1. The van der Waals surface area contributed by atoms with E-state index in [4.69, 9.17) is 5.73 Å². The van der Waals surface area contributed by atoms with Gasteiger partial charge in [-0.05, 0) is 56.0 Å². The number of hydrazone groups is 1. The van der Waals surface area contributed by atoms with E-state index in [2.05, 4.69) is 20.7 Å². The van der Waals surface area contributed by atoms with Crippen molar-refractivity contribution in [1.82, 2.24) is 20.6 Å². The van der Waals surface area contributed by atoms with Crippen molar-refractivity contribution < 1.29 is 18.8 Å². The van der Waals surface area contributed by atoms with Gasteiger partial charge >= 0.3 is 0 Å². The summed E-state index contributed by atoms with van der Waals surface area (Å²) in [6, 6.07) is 12.2. The molecule has 2 amide bonds. The lowest BCUT2D eigenvalue weighted by atomic mass is 9.69. The van der Waals surface area contributed by atoms with Crippen LogP contribution in [0.1, 0.15) is 31.4 Å². The molecule has 2 aromatic carbocycles. The summed E-state index contributed by atoms with van der Waals surface area (Å²) < 4.78 is 13.6. The molecule has 2 aliphatic rings. The standard InChI is InChI=1S/C29H33FN6O3.ClH/c1-28(2,31)26(38)34-22(12-18-15-32-21-7-5-4-6-20(18)21)25(37)23-14-29(13-17-8-10-19(30)11-9-17)24(16-33-23)35-36(3)27(29)39;/h4-11,15,22-23,32-33H,12-14,16,31H2,1-3H3,(H,34,38);1H. The van der Waals surface area contributed by atoms with E-state index in [1.807, 2.05) is 30.5 Å². The van der Waals surface area contributed by atoms with Gasteiger partial charge in [-0.15, -0.1) is 12.4 Å². The number of nitrogens with zero attached hydrogens (tertiary/aromatic N) is 2. The van der Waals surface area contributed by atoms with Crippen molar-refractivity contribution in [2.45, 2.75) is 50.7 Å². The fraction of sp³-hybridized carbons (Fsp3) is 0.379. The lowest BCUT2D eigenvalue weighted by Gasteiger charge is -2.38. The summed E-state index contributed by atoms with van der Waals surface area (Å²) in [6.45, 7) is 3.41. The fourth-order valence-electron chi connectivity index (χ4n) is 5.54. The van der Waals surface area contributed by atoms with Gasteiger partial charge < -0.3 is 21.4 Å². The van der Waals surface area contributed by atoms with Crippen LogP contribution in [0.5, 0.6) is 0 Å². The molecule has 0 spiro atoms. The van der Waals surface area contributed by atoms with Crippen molar-refractivity contribution in [3.05, 3.63) is 71.7 Å².